The summed E-state index contributed by atoms with van der Waals surface area (Å²) in [5, 5.41) is 8.65. The Balaban J connectivity index is 2.33. The van der Waals surface area contributed by atoms with Gasteiger partial charge in [-0.3, -0.25) is 4.79 Å². The number of hydrogen-bond acceptors (Lipinski definition) is 3. The van der Waals surface area contributed by atoms with Gasteiger partial charge in [0.15, 0.2) is 0 Å². The van der Waals surface area contributed by atoms with Gasteiger partial charge in [-0.15, -0.1) is 0 Å². The SMILES string of the molecule is CC(C)N(CC#N)C(=O)CCC1CCCO1. The molecule has 0 N–H and O–H groups in total. The van der Waals surface area contributed by atoms with Crippen LogP contribution in [0.4, 0.5) is 0 Å². The third-order valence-corrected chi connectivity index (χ3v) is 2.89. The number of carbonyl (C=O) groups excluding carboxylic acids is 1. The van der Waals surface area contributed by atoms with Crippen LogP contribution in [-0.4, -0.2) is 36.1 Å². The molecule has 1 saturated heterocycles. The molecule has 0 bridgehead atoms. The number of nitrogens with zero attached hydrogens (tertiary/aromatic N) is 2. The Bertz CT molecular complexity index is 265. The van der Waals surface area contributed by atoms with E-state index in [4.69, 9.17) is 10.00 Å². The molecule has 16 heavy (non-hydrogen) atoms. The first-order valence-electron chi connectivity index (χ1n) is 5.93. The first-order chi connectivity index (χ1) is 7.65. The van der Waals surface area contributed by atoms with Crippen molar-refractivity contribution in [2.75, 3.05) is 13.2 Å². The van der Waals surface area contributed by atoms with Gasteiger partial charge in [-0.1, -0.05) is 0 Å². The van der Waals surface area contributed by atoms with Gasteiger partial charge in [-0.25, -0.2) is 0 Å². The molecule has 0 aromatic rings. The van der Waals surface area contributed by atoms with E-state index in [0.717, 1.165) is 25.9 Å². The molecule has 1 fully saturated rings. The van der Waals surface area contributed by atoms with Crippen molar-refractivity contribution in [2.45, 2.75) is 51.7 Å². The maximum Gasteiger partial charge on any atom is 0.223 e. The van der Waals surface area contributed by atoms with Crippen LogP contribution in [0, 0.1) is 11.3 Å². The lowest BCUT2D eigenvalue weighted by Crippen LogP contribution is -2.37. The van der Waals surface area contributed by atoms with E-state index in [1.54, 1.807) is 4.90 Å². The normalized spacial score (nSPS) is 19.8. The molecule has 4 heteroatoms. The van der Waals surface area contributed by atoms with Crippen LogP contribution in [0.5, 0.6) is 0 Å². The molecule has 1 rings (SSSR count). The highest BCUT2D eigenvalue weighted by Gasteiger charge is 2.20. The molecule has 1 atom stereocenters. The highest BCUT2D eigenvalue weighted by atomic mass is 16.5. The molecular formula is C12H20N2O2. The number of ether oxygens (including phenoxy) is 1. The lowest BCUT2D eigenvalue weighted by molar-refractivity contribution is -0.132. The minimum absolute atomic E-state index is 0.0621. The van der Waals surface area contributed by atoms with Crippen LogP contribution in [0.15, 0.2) is 0 Å². The maximum absolute atomic E-state index is 11.9. The molecule has 1 aliphatic rings. The van der Waals surface area contributed by atoms with E-state index in [9.17, 15) is 4.79 Å². The molecule has 0 aliphatic carbocycles. The van der Waals surface area contributed by atoms with Gasteiger partial charge >= 0.3 is 0 Å². The fourth-order valence-corrected chi connectivity index (χ4v) is 1.93. The molecule has 0 aromatic heterocycles. The maximum atomic E-state index is 11.9. The van der Waals surface area contributed by atoms with E-state index < -0.39 is 0 Å². The van der Waals surface area contributed by atoms with Crippen LogP contribution >= 0.6 is 0 Å². The summed E-state index contributed by atoms with van der Waals surface area (Å²) in [5.41, 5.74) is 0. The molecule has 0 radical (unpaired) electrons. The second-order valence-corrected chi connectivity index (χ2v) is 4.45. The molecule has 0 aromatic carbocycles. The quantitative estimate of drug-likeness (QED) is 0.668. The van der Waals surface area contributed by atoms with Gasteiger partial charge in [0.2, 0.25) is 5.91 Å². The molecule has 1 heterocycles. The van der Waals surface area contributed by atoms with Crippen molar-refractivity contribution >= 4 is 5.91 Å². The van der Waals surface area contributed by atoms with E-state index in [-0.39, 0.29) is 24.6 Å². The Hall–Kier alpha value is -1.08. The zero-order chi connectivity index (χ0) is 12.0. The zero-order valence-electron chi connectivity index (χ0n) is 10.1. The highest BCUT2D eigenvalue weighted by Crippen LogP contribution is 2.17. The number of amides is 1. The molecule has 0 saturated carbocycles. The molecule has 0 spiro atoms. The average molecular weight is 224 g/mol. The molecule has 4 nitrogen and oxygen atoms in total. The molecular weight excluding hydrogens is 204 g/mol. The van der Waals surface area contributed by atoms with Gasteiger partial charge in [0.25, 0.3) is 0 Å². The average Bonchev–Trinajstić information content (AvgIpc) is 2.75. The van der Waals surface area contributed by atoms with Crippen molar-refractivity contribution in [3.8, 4) is 6.07 Å². The van der Waals surface area contributed by atoms with Gasteiger partial charge in [0.1, 0.15) is 6.54 Å². The Morgan fingerprint density at radius 3 is 2.88 bits per heavy atom. The molecule has 1 unspecified atom stereocenters. The molecule has 90 valence electrons. The Morgan fingerprint density at radius 2 is 2.38 bits per heavy atom. The predicted molar refractivity (Wildman–Crippen MR) is 60.7 cm³/mol. The number of hydrogen-bond donors (Lipinski definition) is 0. The van der Waals surface area contributed by atoms with Gasteiger partial charge in [-0.05, 0) is 33.1 Å². The third-order valence-electron chi connectivity index (χ3n) is 2.89. The fourth-order valence-electron chi connectivity index (χ4n) is 1.93. The van der Waals surface area contributed by atoms with Crippen molar-refractivity contribution in [2.24, 2.45) is 0 Å². The lowest BCUT2D eigenvalue weighted by atomic mass is 10.1. The topological polar surface area (TPSA) is 53.3 Å². The van der Waals surface area contributed by atoms with Gasteiger partial charge in [-0.2, -0.15) is 5.26 Å². The zero-order valence-corrected chi connectivity index (χ0v) is 10.1. The van der Waals surface area contributed by atoms with Crippen LogP contribution in [0.3, 0.4) is 0 Å². The predicted octanol–water partition coefficient (Wildman–Crippen LogP) is 1.71. The van der Waals surface area contributed by atoms with Crippen molar-refractivity contribution in [3.63, 3.8) is 0 Å². The van der Waals surface area contributed by atoms with Crippen LogP contribution in [0.1, 0.15) is 39.5 Å². The van der Waals surface area contributed by atoms with Crippen molar-refractivity contribution in [1.82, 2.24) is 4.90 Å². The molecule has 1 aliphatic heterocycles. The Kier molecular flexibility index (Phi) is 5.27. The number of rotatable bonds is 5. The number of carbonyl (C=O) groups is 1. The van der Waals surface area contributed by atoms with Crippen LogP contribution in [-0.2, 0) is 9.53 Å². The van der Waals surface area contributed by atoms with Crippen molar-refractivity contribution < 1.29 is 9.53 Å². The Morgan fingerprint density at radius 1 is 1.62 bits per heavy atom. The van der Waals surface area contributed by atoms with E-state index in [2.05, 4.69) is 0 Å². The third kappa shape index (κ3) is 3.82. The summed E-state index contributed by atoms with van der Waals surface area (Å²) in [6.07, 6.45) is 3.69. The standard InChI is InChI=1S/C12H20N2O2/c1-10(2)14(8-7-13)12(15)6-5-11-4-3-9-16-11/h10-11H,3-6,8-9H2,1-2H3. The summed E-state index contributed by atoms with van der Waals surface area (Å²) in [5.74, 6) is 0.0621. The summed E-state index contributed by atoms with van der Waals surface area (Å²) >= 11 is 0. The lowest BCUT2D eigenvalue weighted by Gasteiger charge is -2.24. The fraction of sp³-hybridized carbons (Fsp3) is 0.833. The minimum atomic E-state index is 0.0621. The number of nitriles is 1. The van der Waals surface area contributed by atoms with Crippen LogP contribution < -0.4 is 0 Å². The smallest absolute Gasteiger partial charge is 0.223 e. The highest BCUT2D eigenvalue weighted by molar-refractivity contribution is 5.76. The monoisotopic (exact) mass is 224 g/mol. The summed E-state index contributed by atoms with van der Waals surface area (Å²) < 4.78 is 5.47. The van der Waals surface area contributed by atoms with E-state index >= 15 is 0 Å². The summed E-state index contributed by atoms with van der Waals surface area (Å²) in [6.45, 7) is 4.87. The van der Waals surface area contributed by atoms with Crippen LogP contribution in [0.25, 0.3) is 0 Å². The Labute approximate surface area is 97.2 Å². The minimum Gasteiger partial charge on any atom is -0.378 e. The second-order valence-electron chi connectivity index (χ2n) is 4.45. The van der Waals surface area contributed by atoms with E-state index in [1.807, 2.05) is 19.9 Å². The largest absolute Gasteiger partial charge is 0.378 e. The first-order valence-corrected chi connectivity index (χ1v) is 5.93. The summed E-state index contributed by atoms with van der Waals surface area (Å²) in [6, 6.07) is 2.13. The first kappa shape index (κ1) is 13.0. The van der Waals surface area contributed by atoms with Gasteiger partial charge < -0.3 is 9.64 Å². The molecule has 1 amide bonds. The second kappa shape index (κ2) is 6.49. The summed E-state index contributed by atoms with van der Waals surface area (Å²) in [4.78, 5) is 13.5. The van der Waals surface area contributed by atoms with E-state index in [1.165, 1.54) is 0 Å². The van der Waals surface area contributed by atoms with Crippen molar-refractivity contribution in [1.29, 1.82) is 5.26 Å². The summed E-state index contributed by atoms with van der Waals surface area (Å²) in [7, 11) is 0. The van der Waals surface area contributed by atoms with Gasteiger partial charge in [0, 0.05) is 19.1 Å². The van der Waals surface area contributed by atoms with Crippen molar-refractivity contribution in [3.05, 3.63) is 0 Å². The van der Waals surface area contributed by atoms with E-state index in [0.29, 0.717) is 6.42 Å². The van der Waals surface area contributed by atoms with Gasteiger partial charge in [0.05, 0.1) is 12.2 Å². The van der Waals surface area contributed by atoms with Crippen LogP contribution in [0.2, 0.25) is 0 Å².